The Balaban J connectivity index is 1.92. The summed E-state index contributed by atoms with van der Waals surface area (Å²) in [6.45, 7) is 6.31. The SMILES string of the molecule is CCN(CC)S(=O)(=O)c1ccc(CCC(=O)N[C@H](C)c2ccc(F)cc2)cc1. The van der Waals surface area contributed by atoms with Gasteiger partial charge in [-0.15, -0.1) is 0 Å². The summed E-state index contributed by atoms with van der Waals surface area (Å²) in [5, 5.41) is 2.89. The van der Waals surface area contributed by atoms with E-state index < -0.39 is 10.0 Å². The lowest BCUT2D eigenvalue weighted by Gasteiger charge is -2.18. The van der Waals surface area contributed by atoms with Crippen molar-refractivity contribution in [1.29, 1.82) is 0 Å². The van der Waals surface area contributed by atoms with Crippen LogP contribution in [0.3, 0.4) is 0 Å². The molecule has 0 saturated carbocycles. The number of amides is 1. The van der Waals surface area contributed by atoms with Crippen molar-refractivity contribution >= 4 is 15.9 Å². The minimum Gasteiger partial charge on any atom is -0.350 e. The van der Waals surface area contributed by atoms with Crippen molar-refractivity contribution < 1.29 is 17.6 Å². The second-order valence-corrected chi connectivity index (χ2v) is 8.51. The molecule has 0 fully saturated rings. The number of aryl methyl sites for hydroxylation is 1. The van der Waals surface area contributed by atoms with E-state index in [0.29, 0.717) is 19.5 Å². The highest BCUT2D eigenvalue weighted by molar-refractivity contribution is 7.89. The molecule has 0 aliphatic rings. The molecule has 5 nitrogen and oxygen atoms in total. The molecule has 2 rings (SSSR count). The third kappa shape index (κ3) is 5.62. The Hall–Kier alpha value is -2.25. The third-order valence-corrected chi connectivity index (χ3v) is 6.72. The molecule has 28 heavy (non-hydrogen) atoms. The van der Waals surface area contributed by atoms with Crippen molar-refractivity contribution in [3.63, 3.8) is 0 Å². The smallest absolute Gasteiger partial charge is 0.243 e. The Morgan fingerprint density at radius 2 is 1.61 bits per heavy atom. The van der Waals surface area contributed by atoms with Crippen molar-refractivity contribution in [3.8, 4) is 0 Å². The van der Waals surface area contributed by atoms with Crippen LogP contribution in [0.25, 0.3) is 0 Å². The first kappa shape index (κ1) is 22.0. The summed E-state index contributed by atoms with van der Waals surface area (Å²) in [6.07, 6.45) is 0.793. The van der Waals surface area contributed by atoms with E-state index in [4.69, 9.17) is 0 Å². The number of carbonyl (C=O) groups excluding carboxylic acids is 1. The Kier molecular flexibility index (Phi) is 7.71. The van der Waals surface area contributed by atoms with Gasteiger partial charge in [-0.05, 0) is 48.7 Å². The first-order valence-corrected chi connectivity index (χ1v) is 10.9. The molecule has 0 radical (unpaired) electrons. The van der Waals surface area contributed by atoms with E-state index in [1.165, 1.54) is 16.4 Å². The molecule has 0 bridgehead atoms. The number of nitrogens with zero attached hydrogens (tertiary/aromatic N) is 1. The highest BCUT2D eigenvalue weighted by Crippen LogP contribution is 2.17. The second-order valence-electron chi connectivity index (χ2n) is 6.57. The number of benzene rings is 2. The molecule has 152 valence electrons. The molecule has 2 aromatic rings. The monoisotopic (exact) mass is 406 g/mol. The van der Waals surface area contributed by atoms with Crippen LogP contribution >= 0.6 is 0 Å². The fourth-order valence-electron chi connectivity index (χ4n) is 2.95. The quantitative estimate of drug-likeness (QED) is 0.691. The van der Waals surface area contributed by atoms with Gasteiger partial charge in [0.1, 0.15) is 5.82 Å². The van der Waals surface area contributed by atoms with Crippen LogP contribution in [0.2, 0.25) is 0 Å². The maximum absolute atomic E-state index is 13.0. The summed E-state index contributed by atoms with van der Waals surface area (Å²) in [5.74, 6) is -0.426. The predicted octanol–water partition coefficient (Wildman–Crippen LogP) is 3.67. The Morgan fingerprint density at radius 3 is 2.14 bits per heavy atom. The van der Waals surface area contributed by atoms with Crippen molar-refractivity contribution in [1.82, 2.24) is 9.62 Å². The standard InChI is InChI=1S/C21H27FN2O3S/c1-4-24(5-2)28(26,27)20-13-6-17(7-14-20)8-15-21(25)23-16(3)18-9-11-19(22)12-10-18/h6-7,9-14,16H,4-5,8,15H2,1-3H3,(H,23,25)/t16-/m1/s1. The molecule has 2 aromatic carbocycles. The number of sulfonamides is 1. The lowest BCUT2D eigenvalue weighted by atomic mass is 10.1. The van der Waals surface area contributed by atoms with Gasteiger partial charge >= 0.3 is 0 Å². The second kappa shape index (κ2) is 9.80. The fraction of sp³-hybridized carbons (Fsp3) is 0.381. The summed E-state index contributed by atoms with van der Waals surface area (Å²) in [5.41, 5.74) is 1.73. The topological polar surface area (TPSA) is 66.5 Å². The van der Waals surface area contributed by atoms with Crippen LogP contribution in [0.5, 0.6) is 0 Å². The minimum atomic E-state index is -3.47. The number of rotatable bonds is 9. The van der Waals surface area contributed by atoms with Gasteiger partial charge in [-0.1, -0.05) is 38.1 Å². The van der Waals surface area contributed by atoms with Crippen molar-refractivity contribution in [3.05, 3.63) is 65.5 Å². The third-order valence-electron chi connectivity index (χ3n) is 4.65. The highest BCUT2D eigenvalue weighted by Gasteiger charge is 2.21. The van der Waals surface area contributed by atoms with Crippen LogP contribution in [0.15, 0.2) is 53.4 Å². The van der Waals surface area contributed by atoms with Crippen molar-refractivity contribution in [2.45, 2.75) is 44.6 Å². The fourth-order valence-corrected chi connectivity index (χ4v) is 4.40. The van der Waals surface area contributed by atoms with Gasteiger partial charge in [-0.3, -0.25) is 4.79 Å². The van der Waals surface area contributed by atoms with E-state index in [1.54, 1.807) is 50.2 Å². The summed E-state index contributed by atoms with van der Waals surface area (Å²) in [7, 11) is -3.47. The van der Waals surface area contributed by atoms with E-state index in [9.17, 15) is 17.6 Å². The van der Waals surface area contributed by atoms with Gasteiger partial charge in [0.25, 0.3) is 0 Å². The number of carbonyl (C=O) groups is 1. The molecule has 0 heterocycles. The van der Waals surface area contributed by atoms with Crippen molar-refractivity contribution in [2.75, 3.05) is 13.1 Å². The summed E-state index contributed by atoms with van der Waals surface area (Å²) in [6, 6.07) is 12.5. The molecule has 1 amide bonds. The normalized spacial score (nSPS) is 12.8. The molecular formula is C21H27FN2O3S. The lowest BCUT2D eigenvalue weighted by molar-refractivity contribution is -0.121. The molecule has 0 aliphatic heterocycles. The largest absolute Gasteiger partial charge is 0.350 e. The maximum atomic E-state index is 13.0. The molecule has 0 aliphatic carbocycles. The zero-order valence-corrected chi connectivity index (χ0v) is 17.3. The van der Waals surface area contributed by atoms with Crippen LogP contribution in [0, 0.1) is 5.82 Å². The molecule has 1 N–H and O–H groups in total. The Labute approximate surface area is 166 Å². The maximum Gasteiger partial charge on any atom is 0.243 e. The van der Waals surface area contributed by atoms with E-state index in [-0.39, 0.29) is 29.1 Å². The van der Waals surface area contributed by atoms with Gasteiger partial charge in [-0.2, -0.15) is 4.31 Å². The summed E-state index contributed by atoms with van der Waals surface area (Å²) in [4.78, 5) is 12.4. The van der Waals surface area contributed by atoms with E-state index in [0.717, 1.165) is 11.1 Å². The van der Waals surface area contributed by atoms with Gasteiger partial charge < -0.3 is 5.32 Å². The summed E-state index contributed by atoms with van der Waals surface area (Å²) < 4.78 is 39.4. The first-order valence-electron chi connectivity index (χ1n) is 9.41. The van der Waals surface area contributed by atoms with Crippen LogP contribution in [-0.2, 0) is 21.2 Å². The minimum absolute atomic E-state index is 0.114. The van der Waals surface area contributed by atoms with E-state index >= 15 is 0 Å². The lowest BCUT2D eigenvalue weighted by Crippen LogP contribution is -2.30. The molecule has 0 unspecified atom stereocenters. The van der Waals surface area contributed by atoms with Gasteiger partial charge in [-0.25, -0.2) is 12.8 Å². The number of halogens is 1. The molecule has 1 atom stereocenters. The number of nitrogens with one attached hydrogen (secondary N) is 1. The zero-order valence-electron chi connectivity index (χ0n) is 16.5. The van der Waals surface area contributed by atoms with Gasteiger partial charge in [0.2, 0.25) is 15.9 Å². The molecular weight excluding hydrogens is 379 g/mol. The van der Waals surface area contributed by atoms with Crippen molar-refractivity contribution in [2.24, 2.45) is 0 Å². The number of hydrogen-bond acceptors (Lipinski definition) is 3. The van der Waals surface area contributed by atoms with E-state index in [1.807, 2.05) is 6.92 Å². The molecule has 0 saturated heterocycles. The highest BCUT2D eigenvalue weighted by atomic mass is 32.2. The average Bonchev–Trinajstić information content (AvgIpc) is 2.68. The molecule has 0 aromatic heterocycles. The molecule has 7 heteroatoms. The Morgan fingerprint density at radius 1 is 1.04 bits per heavy atom. The average molecular weight is 407 g/mol. The van der Waals surface area contributed by atoms with E-state index in [2.05, 4.69) is 5.32 Å². The summed E-state index contributed by atoms with van der Waals surface area (Å²) >= 11 is 0. The predicted molar refractivity (Wildman–Crippen MR) is 108 cm³/mol. The van der Waals surface area contributed by atoms with Crippen LogP contribution in [0.1, 0.15) is 44.4 Å². The van der Waals surface area contributed by atoms with Gasteiger partial charge in [0.15, 0.2) is 0 Å². The first-order chi connectivity index (χ1) is 13.3. The Bertz CT molecular complexity index is 877. The number of hydrogen-bond donors (Lipinski definition) is 1. The van der Waals surface area contributed by atoms with Gasteiger partial charge in [0, 0.05) is 19.5 Å². The van der Waals surface area contributed by atoms with Crippen LogP contribution in [0.4, 0.5) is 4.39 Å². The zero-order chi connectivity index (χ0) is 20.7. The molecule has 0 spiro atoms. The van der Waals surface area contributed by atoms with Crippen LogP contribution in [-0.4, -0.2) is 31.7 Å². The van der Waals surface area contributed by atoms with Crippen LogP contribution < -0.4 is 5.32 Å². The van der Waals surface area contributed by atoms with Gasteiger partial charge in [0.05, 0.1) is 10.9 Å².